The topological polar surface area (TPSA) is 49.4 Å². The molecule has 0 aromatic heterocycles. The van der Waals surface area contributed by atoms with Gasteiger partial charge in [-0.15, -0.1) is 11.8 Å². The maximum atomic E-state index is 13.5. The second-order valence-electron chi connectivity index (χ2n) is 8.16. The first-order valence-electron chi connectivity index (χ1n) is 11.5. The molecule has 3 aromatic carbocycles. The third-order valence-corrected chi connectivity index (χ3v) is 6.72. The summed E-state index contributed by atoms with van der Waals surface area (Å²) in [5.74, 6) is 0.464. The molecular weight excluding hydrogens is 464 g/mol. The molecule has 0 fully saturated rings. The lowest BCUT2D eigenvalue weighted by Crippen LogP contribution is -2.50. The molecule has 6 heteroatoms. The van der Waals surface area contributed by atoms with Gasteiger partial charge in [0.2, 0.25) is 11.8 Å². The van der Waals surface area contributed by atoms with Crippen LogP contribution in [-0.2, 0) is 22.6 Å². The van der Waals surface area contributed by atoms with E-state index in [0.717, 1.165) is 21.6 Å². The highest BCUT2D eigenvalue weighted by molar-refractivity contribution is 7.99. The molecule has 1 N–H and O–H groups in total. The normalized spacial score (nSPS) is 11.6. The van der Waals surface area contributed by atoms with Crippen molar-refractivity contribution in [3.05, 3.63) is 101 Å². The molecule has 0 radical (unpaired) electrons. The summed E-state index contributed by atoms with van der Waals surface area (Å²) in [5, 5.41) is 3.63. The number of hydrogen-bond donors (Lipinski definition) is 1. The van der Waals surface area contributed by atoms with Crippen molar-refractivity contribution in [3.8, 4) is 0 Å². The number of nitrogens with zero attached hydrogens (tertiary/aromatic N) is 1. The number of benzene rings is 3. The van der Waals surface area contributed by atoms with Gasteiger partial charge in [-0.2, -0.15) is 0 Å². The highest BCUT2D eigenvalue weighted by Gasteiger charge is 2.29. The zero-order valence-electron chi connectivity index (χ0n) is 19.7. The summed E-state index contributed by atoms with van der Waals surface area (Å²) in [6.07, 6.45) is 0.804. The Hall–Kier alpha value is -2.76. The maximum Gasteiger partial charge on any atom is 0.243 e. The molecule has 0 spiro atoms. The van der Waals surface area contributed by atoms with E-state index in [1.807, 2.05) is 86.6 Å². The molecule has 0 unspecified atom stereocenters. The number of aryl methyl sites for hydroxylation is 1. The smallest absolute Gasteiger partial charge is 0.243 e. The van der Waals surface area contributed by atoms with Gasteiger partial charge in [0.1, 0.15) is 6.04 Å². The van der Waals surface area contributed by atoms with Gasteiger partial charge >= 0.3 is 0 Å². The molecular formula is C28H31ClN2O2S. The molecule has 0 bridgehead atoms. The van der Waals surface area contributed by atoms with Crippen LogP contribution < -0.4 is 5.32 Å². The molecule has 178 valence electrons. The molecule has 2 amide bonds. The van der Waals surface area contributed by atoms with Crippen molar-refractivity contribution >= 4 is 35.2 Å². The Balaban J connectivity index is 1.81. The molecule has 0 heterocycles. The summed E-state index contributed by atoms with van der Waals surface area (Å²) in [6.45, 7) is 4.83. The maximum absolute atomic E-state index is 13.5. The second kappa shape index (κ2) is 13.2. The van der Waals surface area contributed by atoms with E-state index in [-0.39, 0.29) is 11.8 Å². The average Bonchev–Trinajstić information content (AvgIpc) is 2.83. The minimum atomic E-state index is -0.587. The number of carbonyl (C=O) groups excluding carboxylic acids is 2. The summed E-state index contributed by atoms with van der Waals surface area (Å²) >= 11 is 7.59. The molecule has 0 aliphatic rings. The van der Waals surface area contributed by atoms with E-state index in [2.05, 4.69) is 11.4 Å². The second-order valence-corrected chi connectivity index (χ2v) is 9.77. The first-order valence-corrected chi connectivity index (χ1v) is 12.9. The Morgan fingerprint density at radius 2 is 1.68 bits per heavy atom. The van der Waals surface area contributed by atoms with Gasteiger partial charge in [0.05, 0.1) is 0 Å². The van der Waals surface area contributed by atoms with Gasteiger partial charge in [0.25, 0.3) is 0 Å². The number of likely N-dealkylation sites (N-methyl/N-ethyl adjacent to an activating group) is 1. The van der Waals surface area contributed by atoms with Gasteiger partial charge in [0.15, 0.2) is 0 Å². The van der Waals surface area contributed by atoms with Gasteiger partial charge in [0, 0.05) is 41.6 Å². The van der Waals surface area contributed by atoms with Gasteiger partial charge < -0.3 is 10.2 Å². The van der Waals surface area contributed by atoms with Crippen LogP contribution in [0.25, 0.3) is 0 Å². The Kier molecular flexibility index (Phi) is 10.0. The molecule has 0 saturated carbocycles. The van der Waals surface area contributed by atoms with Crippen molar-refractivity contribution in [1.82, 2.24) is 10.2 Å². The number of hydrogen-bond acceptors (Lipinski definition) is 3. The number of rotatable bonds is 11. The Morgan fingerprint density at radius 1 is 0.971 bits per heavy atom. The molecule has 34 heavy (non-hydrogen) atoms. The molecule has 3 rings (SSSR count). The van der Waals surface area contributed by atoms with Crippen molar-refractivity contribution in [2.45, 2.75) is 44.2 Å². The fourth-order valence-electron chi connectivity index (χ4n) is 3.78. The quantitative estimate of drug-likeness (QED) is 0.337. The third kappa shape index (κ3) is 7.93. The average molecular weight is 495 g/mol. The highest BCUT2D eigenvalue weighted by atomic mass is 35.5. The Labute approximate surface area is 211 Å². The number of halogens is 1. The van der Waals surface area contributed by atoms with Crippen LogP contribution in [0.15, 0.2) is 83.8 Å². The lowest BCUT2D eigenvalue weighted by atomic mass is 10.0. The monoisotopic (exact) mass is 494 g/mol. The Bertz CT molecular complexity index is 1070. The SMILES string of the molecule is CCNC(=O)[C@H](Cc1ccccc1)N(Cc1cccc(C)c1)C(=O)CCSc1ccc(Cl)cc1. The minimum absolute atomic E-state index is 0.0323. The lowest BCUT2D eigenvalue weighted by Gasteiger charge is -2.31. The van der Waals surface area contributed by atoms with E-state index in [1.54, 1.807) is 16.7 Å². The predicted molar refractivity (Wildman–Crippen MR) is 141 cm³/mol. The van der Waals surface area contributed by atoms with Crippen LogP contribution in [0.3, 0.4) is 0 Å². The first-order chi connectivity index (χ1) is 16.5. The summed E-state index contributed by atoms with van der Waals surface area (Å²) in [4.78, 5) is 29.5. The largest absolute Gasteiger partial charge is 0.355 e. The fraction of sp³-hybridized carbons (Fsp3) is 0.286. The minimum Gasteiger partial charge on any atom is -0.355 e. The van der Waals surface area contributed by atoms with Crippen LogP contribution in [0.1, 0.15) is 30.0 Å². The van der Waals surface area contributed by atoms with E-state index in [9.17, 15) is 9.59 Å². The van der Waals surface area contributed by atoms with Crippen molar-refractivity contribution in [2.24, 2.45) is 0 Å². The van der Waals surface area contributed by atoms with Crippen molar-refractivity contribution in [3.63, 3.8) is 0 Å². The van der Waals surface area contributed by atoms with Gasteiger partial charge in [-0.25, -0.2) is 0 Å². The van der Waals surface area contributed by atoms with E-state index >= 15 is 0 Å². The van der Waals surface area contributed by atoms with E-state index in [0.29, 0.717) is 36.7 Å². The standard InChI is InChI=1S/C28H31ClN2O2S/c1-3-30-28(33)26(19-22-9-5-4-6-10-22)31(20-23-11-7-8-21(2)18-23)27(32)16-17-34-25-14-12-24(29)13-15-25/h4-15,18,26H,3,16-17,19-20H2,1-2H3,(H,30,33)/t26-/m0/s1. The van der Waals surface area contributed by atoms with Crippen LogP contribution in [0.2, 0.25) is 5.02 Å². The van der Waals surface area contributed by atoms with E-state index in [1.165, 1.54) is 0 Å². The van der Waals surface area contributed by atoms with Crippen molar-refractivity contribution in [1.29, 1.82) is 0 Å². The summed E-state index contributed by atoms with van der Waals surface area (Å²) in [6, 6.07) is 25.0. The zero-order chi connectivity index (χ0) is 24.3. The van der Waals surface area contributed by atoms with Crippen LogP contribution in [-0.4, -0.2) is 35.1 Å². The van der Waals surface area contributed by atoms with Gasteiger partial charge in [-0.1, -0.05) is 71.8 Å². The summed E-state index contributed by atoms with van der Waals surface area (Å²) in [5.41, 5.74) is 3.17. The number of amides is 2. The molecule has 4 nitrogen and oxygen atoms in total. The predicted octanol–water partition coefficient (Wildman–Crippen LogP) is 5.91. The number of nitrogens with one attached hydrogen (secondary N) is 1. The van der Waals surface area contributed by atoms with Crippen LogP contribution in [0.5, 0.6) is 0 Å². The van der Waals surface area contributed by atoms with E-state index < -0.39 is 6.04 Å². The van der Waals surface area contributed by atoms with Gasteiger partial charge in [-0.05, 0) is 49.2 Å². The molecule has 0 aliphatic heterocycles. The van der Waals surface area contributed by atoms with Gasteiger partial charge in [-0.3, -0.25) is 9.59 Å². The summed E-state index contributed by atoms with van der Waals surface area (Å²) < 4.78 is 0. The Morgan fingerprint density at radius 3 is 2.35 bits per heavy atom. The first kappa shape index (κ1) is 25.9. The lowest BCUT2D eigenvalue weighted by molar-refractivity contribution is -0.140. The van der Waals surface area contributed by atoms with Crippen LogP contribution in [0.4, 0.5) is 0 Å². The highest BCUT2D eigenvalue weighted by Crippen LogP contribution is 2.22. The molecule has 0 saturated heterocycles. The van der Waals surface area contributed by atoms with Crippen LogP contribution in [0, 0.1) is 6.92 Å². The summed E-state index contributed by atoms with van der Waals surface area (Å²) in [7, 11) is 0. The number of carbonyl (C=O) groups is 2. The third-order valence-electron chi connectivity index (χ3n) is 5.46. The molecule has 1 atom stereocenters. The zero-order valence-corrected chi connectivity index (χ0v) is 21.2. The fourth-order valence-corrected chi connectivity index (χ4v) is 4.75. The molecule has 0 aliphatic carbocycles. The van der Waals surface area contributed by atoms with Crippen LogP contribution >= 0.6 is 23.4 Å². The van der Waals surface area contributed by atoms with Crippen molar-refractivity contribution in [2.75, 3.05) is 12.3 Å². The molecule has 3 aromatic rings. The van der Waals surface area contributed by atoms with E-state index in [4.69, 9.17) is 11.6 Å². The number of thioether (sulfide) groups is 1. The van der Waals surface area contributed by atoms with Crippen molar-refractivity contribution < 1.29 is 9.59 Å².